The predicted octanol–water partition coefficient (Wildman–Crippen LogP) is 2.74. The number of nitrogens with one attached hydrogen (secondary N) is 1. The van der Waals surface area contributed by atoms with Crippen molar-refractivity contribution in [3.05, 3.63) is 59.1 Å². The van der Waals surface area contributed by atoms with E-state index in [9.17, 15) is 13.2 Å². The standard InChI is InChI=1S/C15H13N3O4S2/c1-10-9-13(16-18(10)11-5-3-2-4-6-11)17-24(21,22)14-8-7-12(23-14)15(19)20/h2-9H,1H3,(H,16,17)(H,19,20). The molecule has 0 saturated heterocycles. The molecule has 0 aliphatic rings. The van der Waals surface area contributed by atoms with E-state index in [1.807, 2.05) is 37.3 Å². The fraction of sp³-hybridized carbons (Fsp3) is 0.0667. The van der Waals surface area contributed by atoms with Crippen LogP contribution in [0.25, 0.3) is 5.69 Å². The molecule has 0 spiro atoms. The quantitative estimate of drug-likeness (QED) is 0.726. The summed E-state index contributed by atoms with van der Waals surface area (Å²) in [5.41, 5.74) is 1.57. The zero-order chi connectivity index (χ0) is 17.3. The van der Waals surface area contributed by atoms with Gasteiger partial charge >= 0.3 is 5.97 Å². The van der Waals surface area contributed by atoms with E-state index in [0.29, 0.717) is 11.3 Å². The molecule has 0 radical (unpaired) electrons. The van der Waals surface area contributed by atoms with Crippen molar-refractivity contribution in [1.29, 1.82) is 0 Å². The second-order valence-electron chi connectivity index (χ2n) is 4.95. The van der Waals surface area contributed by atoms with E-state index in [1.54, 1.807) is 10.7 Å². The Morgan fingerprint density at radius 3 is 2.54 bits per heavy atom. The fourth-order valence-corrected chi connectivity index (χ4v) is 4.25. The number of para-hydroxylation sites is 1. The first-order chi connectivity index (χ1) is 11.4. The maximum absolute atomic E-state index is 12.4. The average molecular weight is 363 g/mol. The Kier molecular flexibility index (Phi) is 4.12. The lowest BCUT2D eigenvalue weighted by Gasteiger charge is -2.04. The molecule has 0 atom stereocenters. The number of aromatic carboxylic acids is 1. The van der Waals surface area contributed by atoms with Gasteiger partial charge in [0.2, 0.25) is 0 Å². The normalized spacial score (nSPS) is 11.4. The summed E-state index contributed by atoms with van der Waals surface area (Å²) in [6.45, 7) is 1.81. The molecule has 2 heterocycles. The first kappa shape index (κ1) is 16.2. The monoisotopic (exact) mass is 363 g/mol. The van der Waals surface area contributed by atoms with Crippen LogP contribution in [0.15, 0.2) is 52.7 Å². The summed E-state index contributed by atoms with van der Waals surface area (Å²) < 4.78 is 28.6. The van der Waals surface area contributed by atoms with Gasteiger partial charge in [-0.15, -0.1) is 16.4 Å². The Morgan fingerprint density at radius 2 is 1.92 bits per heavy atom. The second-order valence-corrected chi connectivity index (χ2v) is 7.94. The number of aromatic nitrogens is 2. The van der Waals surface area contributed by atoms with E-state index in [1.165, 1.54) is 12.1 Å². The highest BCUT2D eigenvalue weighted by molar-refractivity contribution is 7.94. The van der Waals surface area contributed by atoms with E-state index >= 15 is 0 Å². The van der Waals surface area contributed by atoms with Gasteiger partial charge in [0.25, 0.3) is 10.0 Å². The number of anilines is 1. The van der Waals surface area contributed by atoms with Crippen molar-refractivity contribution in [3.8, 4) is 5.69 Å². The Hall–Kier alpha value is -2.65. The SMILES string of the molecule is Cc1cc(NS(=O)(=O)c2ccc(C(=O)O)s2)nn1-c1ccccc1. The van der Waals surface area contributed by atoms with Crippen molar-refractivity contribution in [2.45, 2.75) is 11.1 Å². The van der Waals surface area contributed by atoms with Gasteiger partial charge in [0.15, 0.2) is 5.82 Å². The van der Waals surface area contributed by atoms with Crippen LogP contribution in [0.3, 0.4) is 0 Å². The lowest BCUT2D eigenvalue weighted by Crippen LogP contribution is -2.12. The van der Waals surface area contributed by atoms with Crippen molar-refractivity contribution in [1.82, 2.24) is 9.78 Å². The van der Waals surface area contributed by atoms with Gasteiger partial charge in [0, 0.05) is 11.8 Å². The van der Waals surface area contributed by atoms with Crippen molar-refractivity contribution in [3.63, 3.8) is 0 Å². The van der Waals surface area contributed by atoms with Gasteiger partial charge in [0.1, 0.15) is 9.09 Å². The molecule has 1 aromatic carbocycles. The van der Waals surface area contributed by atoms with Gasteiger partial charge in [-0.2, -0.15) is 0 Å². The number of carboxylic acid groups (broad SMARTS) is 1. The zero-order valence-corrected chi connectivity index (χ0v) is 14.1. The number of aryl methyl sites for hydroxylation is 1. The minimum absolute atomic E-state index is 0.0404. The van der Waals surface area contributed by atoms with E-state index < -0.39 is 16.0 Å². The summed E-state index contributed by atoms with van der Waals surface area (Å²) in [4.78, 5) is 10.8. The van der Waals surface area contributed by atoms with E-state index in [4.69, 9.17) is 5.11 Å². The molecule has 0 saturated carbocycles. The number of thiophene rings is 1. The highest BCUT2D eigenvalue weighted by atomic mass is 32.2. The molecular weight excluding hydrogens is 350 g/mol. The molecule has 24 heavy (non-hydrogen) atoms. The number of nitrogens with zero attached hydrogens (tertiary/aromatic N) is 2. The summed E-state index contributed by atoms with van der Waals surface area (Å²) in [5.74, 6) is -0.993. The number of hydrogen-bond acceptors (Lipinski definition) is 5. The Labute approximate surface area is 142 Å². The van der Waals surface area contributed by atoms with Gasteiger partial charge in [-0.25, -0.2) is 17.9 Å². The molecule has 3 rings (SSSR count). The number of benzene rings is 1. The second kappa shape index (κ2) is 6.10. The summed E-state index contributed by atoms with van der Waals surface area (Å²) >= 11 is 0.690. The molecule has 0 fully saturated rings. The smallest absolute Gasteiger partial charge is 0.345 e. The van der Waals surface area contributed by atoms with E-state index in [2.05, 4.69) is 9.82 Å². The highest BCUT2D eigenvalue weighted by Gasteiger charge is 2.20. The number of carbonyl (C=O) groups is 1. The van der Waals surface area contributed by atoms with Gasteiger partial charge in [-0.05, 0) is 31.2 Å². The Bertz CT molecular complexity index is 991. The van der Waals surface area contributed by atoms with Crippen molar-refractivity contribution in [2.75, 3.05) is 4.72 Å². The van der Waals surface area contributed by atoms with Crippen LogP contribution in [-0.4, -0.2) is 29.3 Å². The third-order valence-corrected chi connectivity index (χ3v) is 6.10. The predicted molar refractivity (Wildman–Crippen MR) is 90.4 cm³/mol. The first-order valence-electron chi connectivity index (χ1n) is 6.85. The minimum atomic E-state index is -3.88. The summed E-state index contributed by atoms with van der Waals surface area (Å²) in [7, 11) is -3.88. The van der Waals surface area contributed by atoms with Crippen LogP contribution >= 0.6 is 11.3 Å². The van der Waals surface area contributed by atoms with Crippen molar-refractivity contribution >= 4 is 33.1 Å². The van der Waals surface area contributed by atoms with E-state index in [-0.39, 0.29) is 14.9 Å². The van der Waals surface area contributed by atoms with Gasteiger partial charge in [-0.3, -0.25) is 4.72 Å². The van der Waals surface area contributed by atoms with Crippen LogP contribution < -0.4 is 4.72 Å². The first-order valence-corrected chi connectivity index (χ1v) is 9.15. The summed E-state index contributed by atoms with van der Waals surface area (Å²) in [6.07, 6.45) is 0. The Balaban J connectivity index is 1.89. The van der Waals surface area contributed by atoms with Gasteiger partial charge in [0.05, 0.1) is 5.69 Å². The van der Waals surface area contributed by atoms with Crippen LogP contribution in [-0.2, 0) is 10.0 Å². The van der Waals surface area contributed by atoms with E-state index in [0.717, 1.165) is 11.4 Å². The van der Waals surface area contributed by atoms with Crippen LogP contribution in [0, 0.1) is 6.92 Å². The van der Waals surface area contributed by atoms with Gasteiger partial charge < -0.3 is 5.11 Å². The molecular formula is C15H13N3O4S2. The lowest BCUT2D eigenvalue weighted by atomic mass is 10.3. The fourth-order valence-electron chi connectivity index (χ4n) is 2.12. The largest absolute Gasteiger partial charge is 0.477 e. The molecule has 3 aromatic rings. The molecule has 0 unspecified atom stereocenters. The molecule has 2 aromatic heterocycles. The maximum atomic E-state index is 12.4. The van der Waals surface area contributed by atoms with Crippen LogP contribution in [0.1, 0.15) is 15.4 Å². The van der Waals surface area contributed by atoms with Crippen molar-refractivity contribution < 1.29 is 18.3 Å². The molecule has 2 N–H and O–H groups in total. The highest BCUT2D eigenvalue weighted by Crippen LogP contribution is 2.24. The maximum Gasteiger partial charge on any atom is 0.345 e. The van der Waals surface area contributed by atoms with Crippen LogP contribution in [0.2, 0.25) is 0 Å². The third-order valence-electron chi connectivity index (χ3n) is 3.18. The number of carboxylic acids is 1. The minimum Gasteiger partial charge on any atom is -0.477 e. The number of hydrogen-bond donors (Lipinski definition) is 2. The van der Waals surface area contributed by atoms with Crippen LogP contribution in [0.4, 0.5) is 5.82 Å². The number of sulfonamides is 1. The summed E-state index contributed by atoms with van der Waals surface area (Å²) in [6, 6.07) is 13.4. The third kappa shape index (κ3) is 3.17. The molecule has 0 aliphatic heterocycles. The molecule has 0 aliphatic carbocycles. The molecule has 9 heteroatoms. The van der Waals surface area contributed by atoms with Crippen molar-refractivity contribution in [2.24, 2.45) is 0 Å². The van der Waals surface area contributed by atoms with Gasteiger partial charge in [-0.1, -0.05) is 18.2 Å². The molecule has 0 bridgehead atoms. The molecule has 124 valence electrons. The number of rotatable bonds is 5. The molecule has 7 nitrogen and oxygen atoms in total. The van der Waals surface area contributed by atoms with Crippen LogP contribution in [0.5, 0.6) is 0 Å². The zero-order valence-electron chi connectivity index (χ0n) is 12.5. The Morgan fingerprint density at radius 1 is 1.21 bits per heavy atom. The average Bonchev–Trinajstić information content (AvgIpc) is 3.15. The topological polar surface area (TPSA) is 101 Å². The summed E-state index contributed by atoms with van der Waals surface area (Å²) in [5, 5.41) is 13.1. The lowest BCUT2D eigenvalue weighted by molar-refractivity contribution is 0.0702. The molecule has 0 amide bonds.